The Balaban J connectivity index is 1.76. The van der Waals surface area contributed by atoms with Crippen molar-refractivity contribution in [2.45, 2.75) is 78.2 Å². The number of unbranched alkanes of at least 4 members (excludes halogenated alkanes) is 3. The van der Waals surface area contributed by atoms with E-state index in [0.29, 0.717) is 6.42 Å². The summed E-state index contributed by atoms with van der Waals surface area (Å²) in [6.45, 7) is 5.98. The first kappa shape index (κ1) is 29.9. The molecule has 5 heteroatoms. The molecule has 0 aromatic heterocycles. The van der Waals surface area contributed by atoms with Crippen LogP contribution in [0.3, 0.4) is 0 Å². The molecule has 0 spiro atoms. The zero-order valence-electron chi connectivity index (χ0n) is 23.5. The van der Waals surface area contributed by atoms with E-state index in [0.717, 1.165) is 60.8 Å². The molecular weight excluding hydrogens is 486 g/mol. The van der Waals surface area contributed by atoms with Gasteiger partial charge in [-0.15, -0.1) is 0 Å². The van der Waals surface area contributed by atoms with Gasteiger partial charge in [0.05, 0.1) is 18.1 Å². The molecule has 1 aliphatic carbocycles. The van der Waals surface area contributed by atoms with E-state index >= 15 is 0 Å². The van der Waals surface area contributed by atoms with Crippen LogP contribution in [0.1, 0.15) is 77.7 Å². The molecule has 1 unspecified atom stereocenters. The fourth-order valence-corrected chi connectivity index (χ4v) is 4.77. The first-order chi connectivity index (χ1) is 18.9. The van der Waals surface area contributed by atoms with Gasteiger partial charge in [0.25, 0.3) is 0 Å². The lowest BCUT2D eigenvalue weighted by molar-refractivity contribution is -0.171. The van der Waals surface area contributed by atoms with Gasteiger partial charge in [-0.1, -0.05) is 112 Å². The Morgan fingerprint density at radius 2 is 1.59 bits per heavy atom. The van der Waals surface area contributed by atoms with E-state index in [1.165, 1.54) is 0 Å². The summed E-state index contributed by atoms with van der Waals surface area (Å²) in [5, 5.41) is 9.39. The minimum absolute atomic E-state index is 0.0316. The zero-order valence-corrected chi connectivity index (χ0v) is 23.5. The van der Waals surface area contributed by atoms with Crippen LogP contribution in [0.15, 0.2) is 72.8 Å². The molecule has 0 N–H and O–H groups in total. The Morgan fingerprint density at radius 3 is 2.21 bits per heavy atom. The van der Waals surface area contributed by atoms with Gasteiger partial charge < -0.3 is 9.47 Å². The Bertz CT molecular complexity index is 1180. The highest BCUT2D eigenvalue weighted by molar-refractivity contribution is 6.04. The van der Waals surface area contributed by atoms with Crippen LogP contribution < -0.4 is 0 Å². The molecule has 0 radical (unpaired) electrons. The maximum absolute atomic E-state index is 13.5. The van der Waals surface area contributed by atoms with Gasteiger partial charge in [0, 0.05) is 0 Å². The van der Waals surface area contributed by atoms with Crippen LogP contribution in [-0.2, 0) is 19.1 Å². The van der Waals surface area contributed by atoms with Crippen LogP contribution >= 0.6 is 0 Å². The second kappa shape index (κ2) is 15.1. The molecule has 39 heavy (non-hydrogen) atoms. The number of nitrogens with zero attached hydrogens (tertiary/aromatic N) is 1. The molecule has 0 fully saturated rings. The highest BCUT2D eigenvalue weighted by Crippen LogP contribution is 2.37. The first-order valence-electron chi connectivity index (χ1n) is 14.3. The van der Waals surface area contributed by atoms with E-state index < -0.39 is 23.3 Å². The van der Waals surface area contributed by atoms with E-state index in [-0.39, 0.29) is 19.1 Å². The lowest BCUT2D eigenvalue weighted by atomic mass is 9.78. The molecule has 0 saturated carbocycles. The maximum Gasteiger partial charge on any atom is 0.328 e. The Hall–Kier alpha value is -3.65. The van der Waals surface area contributed by atoms with Crippen molar-refractivity contribution in [3.8, 4) is 17.2 Å². The number of carbonyl (C=O) groups is 2. The number of hydrogen-bond donors (Lipinski definition) is 0. The number of esters is 2. The third kappa shape index (κ3) is 8.17. The topological polar surface area (TPSA) is 76.4 Å². The van der Waals surface area contributed by atoms with E-state index in [1.807, 2.05) is 56.3 Å². The molecule has 2 aromatic rings. The van der Waals surface area contributed by atoms with Crippen LogP contribution in [-0.4, -0.2) is 24.6 Å². The average molecular weight is 528 g/mol. The minimum Gasteiger partial charge on any atom is -0.463 e. The highest BCUT2D eigenvalue weighted by Gasteiger charge is 2.48. The van der Waals surface area contributed by atoms with Crippen molar-refractivity contribution < 1.29 is 19.1 Å². The molecule has 206 valence electrons. The van der Waals surface area contributed by atoms with E-state index in [1.54, 1.807) is 6.08 Å². The first-order valence-corrected chi connectivity index (χ1v) is 14.3. The van der Waals surface area contributed by atoms with Crippen molar-refractivity contribution in [1.82, 2.24) is 0 Å². The zero-order chi connectivity index (χ0) is 28.1. The molecule has 3 rings (SSSR count). The lowest BCUT2D eigenvalue weighted by Gasteiger charge is -2.30. The molecule has 0 heterocycles. The molecule has 0 saturated heterocycles. The second-order valence-electron chi connectivity index (χ2n) is 10.4. The van der Waals surface area contributed by atoms with Crippen LogP contribution in [0.5, 0.6) is 0 Å². The molecule has 0 aliphatic heterocycles. The number of rotatable bonds is 14. The third-order valence-electron chi connectivity index (χ3n) is 7.25. The van der Waals surface area contributed by atoms with Crippen LogP contribution in [0.4, 0.5) is 0 Å². The summed E-state index contributed by atoms with van der Waals surface area (Å²) in [5.41, 5.74) is 2.63. The third-order valence-corrected chi connectivity index (χ3v) is 7.25. The van der Waals surface area contributed by atoms with Gasteiger partial charge in [-0.05, 0) is 54.9 Å². The van der Waals surface area contributed by atoms with Gasteiger partial charge in [-0.3, -0.25) is 9.59 Å². The number of allylic oxidation sites excluding steroid dienone is 3. The predicted molar refractivity (Wildman–Crippen MR) is 155 cm³/mol. The van der Waals surface area contributed by atoms with Gasteiger partial charge in [0.2, 0.25) is 0 Å². The normalized spacial score (nSPS) is 17.9. The fourth-order valence-electron chi connectivity index (χ4n) is 4.77. The molecular formula is C34H41NO4. The molecule has 2 aromatic carbocycles. The Labute approximate surface area is 233 Å². The number of hydrogen-bond acceptors (Lipinski definition) is 5. The SMILES string of the molecule is CCCCCC[C@@H](C)OC(=O)C1(C(=O)OC[C@@H](C#N)CCC)C=CC(c2ccc(-c3ccccc3)cc2)=CC1. The highest BCUT2D eigenvalue weighted by atomic mass is 16.6. The number of nitriles is 1. The van der Waals surface area contributed by atoms with E-state index in [2.05, 4.69) is 37.3 Å². The van der Waals surface area contributed by atoms with Crippen LogP contribution in [0.2, 0.25) is 0 Å². The maximum atomic E-state index is 13.5. The van der Waals surface area contributed by atoms with Gasteiger partial charge in [-0.2, -0.15) is 5.26 Å². The average Bonchev–Trinajstić information content (AvgIpc) is 2.97. The number of ether oxygens (including phenoxy) is 2. The molecule has 1 aliphatic rings. The number of benzene rings is 2. The van der Waals surface area contributed by atoms with Crippen LogP contribution in [0, 0.1) is 22.7 Å². The minimum atomic E-state index is -1.56. The molecule has 0 bridgehead atoms. The quantitative estimate of drug-likeness (QED) is 0.141. The van der Waals surface area contributed by atoms with Crippen molar-refractivity contribution in [3.63, 3.8) is 0 Å². The summed E-state index contributed by atoms with van der Waals surface area (Å²) >= 11 is 0. The Kier molecular flexibility index (Phi) is 11.6. The summed E-state index contributed by atoms with van der Waals surface area (Å²) in [4.78, 5) is 26.9. The lowest BCUT2D eigenvalue weighted by Crippen LogP contribution is -2.42. The molecule has 0 amide bonds. The van der Waals surface area contributed by atoms with Gasteiger partial charge >= 0.3 is 11.9 Å². The predicted octanol–water partition coefficient (Wildman–Crippen LogP) is 8.07. The molecule has 5 nitrogen and oxygen atoms in total. The summed E-state index contributed by atoms with van der Waals surface area (Å²) in [6.07, 6.45) is 11.7. The van der Waals surface area contributed by atoms with Crippen molar-refractivity contribution >= 4 is 17.5 Å². The van der Waals surface area contributed by atoms with Gasteiger partial charge in [0.15, 0.2) is 5.41 Å². The largest absolute Gasteiger partial charge is 0.463 e. The van der Waals surface area contributed by atoms with Gasteiger partial charge in [-0.25, -0.2) is 0 Å². The Morgan fingerprint density at radius 1 is 0.897 bits per heavy atom. The summed E-state index contributed by atoms with van der Waals surface area (Å²) in [7, 11) is 0. The summed E-state index contributed by atoms with van der Waals surface area (Å²) in [6, 6.07) is 20.6. The van der Waals surface area contributed by atoms with E-state index in [9.17, 15) is 14.9 Å². The van der Waals surface area contributed by atoms with Crippen molar-refractivity contribution in [1.29, 1.82) is 5.26 Å². The van der Waals surface area contributed by atoms with Crippen LogP contribution in [0.25, 0.3) is 16.7 Å². The van der Waals surface area contributed by atoms with Crippen molar-refractivity contribution in [2.24, 2.45) is 11.3 Å². The van der Waals surface area contributed by atoms with Crippen molar-refractivity contribution in [3.05, 3.63) is 78.4 Å². The van der Waals surface area contributed by atoms with Gasteiger partial charge in [0.1, 0.15) is 6.61 Å². The monoisotopic (exact) mass is 527 g/mol. The number of carbonyl (C=O) groups excluding carboxylic acids is 2. The second-order valence-corrected chi connectivity index (χ2v) is 10.4. The fraction of sp³-hybridized carbons (Fsp3) is 0.441. The van der Waals surface area contributed by atoms with E-state index in [4.69, 9.17) is 9.47 Å². The molecule has 3 atom stereocenters. The summed E-state index contributed by atoms with van der Waals surface area (Å²) < 4.78 is 11.4. The van der Waals surface area contributed by atoms with Crippen molar-refractivity contribution in [2.75, 3.05) is 6.61 Å². The smallest absolute Gasteiger partial charge is 0.328 e. The summed E-state index contributed by atoms with van der Waals surface area (Å²) in [5.74, 6) is -1.65. The standard InChI is InChI=1S/C34H41NO4/c1-4-6-7-9-13-26(3)39-33(37)34(32(36)38-25-27(24-35)12-5-2)22-20-31(21-23-34)30-18-16-29(17-19-30)28-14-10-8-11-15-28/h8,10-11,14-22,26-27H,4-7,9,12-13,23,25H2,1-3H3/t26-,27-,34?/m1/s1.